The molecule has 154 valence electrons. The van der Waals surface area contributed by atoms with Crippen LogP contribution in [-0.4, -0.2) is 16.5 Å². The lowest BCUT2D eigenvalue weighted by atomic mass is 9.94. The van der Waals surface area contributed by atoms with Gasteiger partial charge in [0, 0.05) is 40.2 Å². The van der Waals surface area contributed by atoms with Crippen LogP contribution in [-0.2, 0) is 6.42 Å². The normalized spacial score (nSPS) is 12.8. The van der Waals surface area contributed by atoms with E-state index in [2.05, 4.69) is 35.2 Å². The maximum atomic E-state index is 14.6. The SMILES string of the molecule is C=C(CCC)Nc1cncc(-c2cc(-c3cc(Cl)ccc3F)nc3c2CCCN3)c1. The van der Waals surface area contributed by atoms with Crippen molar-refractivity contribution in [1.29, 1.82) is 0 Å². The molecule has 0 amide bonds. The fourth-order valence-corrected chi connectivity index (χ4v) is 3.93. The number of pyridine rings is 2. The van der Waals surface area contributed by atoms with E-state index in [9.17, 15) is 4.39 Å². The van der Waals surface area contributed by atoms with E-state index in [0.29, 0.717) is 16.3 Å². The van der Waals surface area contributed by atoms with Crippen molar-refractivity contribution in [2.75, 3.05) is 17.2 Å². The smallest absolute Gasteiger partial charge is 0.132 e. The first kappa shape index (κ1) is 20.4. The number of hydrogen-bond acceptors (Lipinski definition) is 4. The highest BCUT2D eigenvalue weighted by Crippen LogP contribution is 2.37. The molecule has 1 aliphatic heterocycles. The van der Waals surface area contributed by atoms with Crippen molar-refractivity contribution < 1.29 is 4.39 Å². The number of allylic oxidation sites excluding steroid dienone is 1. The fraction of sp³-hybridized carbons (Fsp3) is 0.250. The molecule has 0 bridgehead atoms. The van der Waals surface area contributed by atoms with Gasteiger partial charge in [-0.15, -0.1) is 0 Å². The molecule has 1 aliphatic rings. The number of fused-ring (bicyclic) bond motifs is 1. The van der Waals surface area contributed by atoms with Crippen LogP contribution >= 0.6 is 11.6 Å². The minimum Gasteiger partial charge on any atom is -0.370 e. The van der Waals surface area contributed by atoms with Gasteiger partial charge in [-0.1, -0.05) is 31.5 Å². The van der Waals surface area contributed by atoms with Crippen LogP contribution in [0.2, 0.25) is 5.02 Å². The zero-order valence-corrected chi connectivity index (χ0v) is 17.7. The highest BCUT2D eigenvalue weighted by Gasteiger charge is 2.20. The Kier molecular flexibility index (Phi) is 6.00. The second-order valence-corrected chi connectivity index (χ2v) is 7.91. The Morgan fingerprint density at radius 2 is 2.10 bits per heavy atom. The van der Waals surface area contributed by atoms with Crippen molar-refractivity contribution in [2.24, 2.45) is 0 Å². The molecule has 3 heterocycles. The summed E-state index contributed by atoms with van der Waals surface area (Å²) >= 11 is 6.13. The van der Waals surface area contributed by atoms with E-state index < -0.39 is 0 Å². The van der Waals surface area contributed by atoms with Crippen LogP contribution in [0.15, 0.2) is 55.0 Å². The van der Waals surface area contributed by atoms with Crippen LogP contribution in [0, 0.1) is 5.82 Å². The van der Waals surface area contributed by atoms with Gasteiger partial charge in [0.15, 0.2) is 0 Å². The predicted octanol–water partition coefficient (Wildman–Crippen LogP) is 6.69. The number of nitrogens with zero attached hydrogens (tertiary/aromatic N) is 2. The monoisotopic (exact) mass is 422 g/mol. The first-order valence-corrected chi connectivity index (χ1v) is 10.6. The number of aromatic nitrogens is 2. The lowest BCUT2D eigenvalue weighted by Crippen LogP contribution is -2.15. The molecule has 0 spiro atoms. The van der Waals surface area contributed by atoms with Gasteiger partial charge in [0.05, 0.1) is 17.6 Å². The Bertz CT molecular complexity index is 1100. The summed E-state index contributed by atoms with van der Waals surface area (Å²) in [7, 11) is 0. The Balaban J connectivity index is 1.81. The van der Waals surface area contributed by atoms with Gasteiger partial charge in [-0.3, -0.25) is 4.98 Å². The molecule has 0 saturated carbocycles. The van der Waals surface area contributed by atoms with E-state index in [0.717, 1.165) is 66.1 Å². The lowest BCUT2D eigenvalue weighted by molar-refractivity contribution is 0.630. The van der Waals surface area contributed by atoms with E-state index in [-0.39, 0.29) is 5.82 Å². The second-order valence-electron chi connectivity index (χ2n) is 7.48. The number of hydrogen-bond donors (Lipinski definition) is 2. The minimum absolute atomic E-state index is 0.349. The first-order chi connectivity index (χ1) is 14.5. The molecule has 6 heteroatoms. The van der Waals surface area contributed by atoms with Gasteiger partial charge in [-0.25, -0.2) is 9.37 Å². The molecule has 2 aromatic heterocycles. The molecular weight excluding hydrogens is 399 g/mol. The molecule has 2 N–H and O–H groups in total. The topological polar surface area (TPSA) is 49.8 Å². The van der Waals surface area contributed by atoms with Crippen LogP contribution in [0.3, 0.4) is 0 Å². The molecule has 4 nitrogen and oxygen atoms in total. The van der Waals surface area contributed by atoms with Gasteiger partial charge in [-0.05, 0) is 55.2 Å². The van der Waals surface area contributed by atoms with Gasteiger partial charge in [0.2, 0.25) is 0 Å². The van der Waals surface area contributed by atoms with E-state index in [1.165, 1.54) is 6.07 Å². The largest absolute Gasteiger partial charge is 0.370 e. The Morgan fingerprint density at radius 1 is 1.23 bits per heavy atom. The first-order valence-electron chi connectivity index (χ1n) is 10.2. The van der Waals surface area contributed by atoms with Gasteiger partial charge < -0.3 is 10.6 Å². The van der Waals surface area contributed by atoms with E-state index in [1.54, 1.807) is 18.3 Å². The number of benzene rings is 1. The lowest BCUT2D eigenvalue weighted by Gasteiger charge is -2.22. The highest BCUT2D eigenvalue weighted by atomic mass is 35.5. The van der Waals surface area contributed by atoms with Gasteiger partial charge in [0.25, 0.3) is 0 Å². The Morgan fingerprint density at radius 3 is 2.93 bits per heavy atom. The molecule has 1 aromatic carbocycles. The minimum atomic E-state index is -0.349. The van der Waals surface area contributed by atoms with Crippen molar-refractivity contribution in [3.05, 3.63) is 71.4 Å². The van der Waals surface area contributed by atoms with Gasteiger partial charge >= 0.3 is 0 Å². The third-order valence-electron chi connectivity index (χ3n) is 5.15. The second kappa shape index (κ2) is 8.84. The maximum absolute atomic E-state index is 14.6. The molecule has 4 rings (SSSR count). The molecule has 0 unspecified atom stereocenters. The standard InChI is InChI=1S/C24H24ClFN4/c1-3-5-15(2)29-18-10-16(13-27-14-18)20-12-23(21-11-17(25)7-8-22(21)26)30-24-19(20)6-4-9-28-24/h7-8,10-14,29H,2-6,9H2,1H3,(H,28,30). The molecule has 0 radical (unpaired) electrons. The summed E-state index contributed by atoms with van der Waals surface area (Å²) in [6.07, 6.45) is 7.46. The van der Waals surface area contributed by atoms with Crippen molar-refractivity contribution in [3.63, 3.8) is 0 Å². The summed E-state index contributed by atoms with van der Waals surface area (Å²) in [6, 6.07) is 8.51. The van der Waals surface area contributed by atoms with E-state index in [1.807, 2.05) is 12.3 Å². The molecule has 3 aromatic rings. The average Bonchev–Trinajstić information content (AvgIpc) is 2.75. The molecule has 0 saturated heterocycles. The summed E-state index contributed by atoms with van der Waals surface area (Å²) < 4.78 is 14.6. The van der Waals surface area contributed by atoms with Crippen molar-refractivity contribution >= 4 is 23.1 Å². The quantitative estimate of drug-likeness (QED) is 0.464. The van der Waals surface area contributed by atoms with E-state index in [4.69, 9.17) is 16.6 Å². The number of rotatable bonds is 6. The van der Waals surface area contributed by atoms with Crippen LogP contribution in [0.1, 0.15) is 31.7 Å². The van der Waals surface area contributed by atoms with Crippen molar-refractivity contribution in [2.45, 2.75) is 32.6 Å². The zero-order valence-electron chi connectivity index (χ0n) is 16.9. The fourth-order valence-electron chi connectivity index (χ4n) is 3.76. The predicted molar refractivity (Wildman–Crippen MR) is 122 cm³/mol. The Labute approximate surface area is 181 Å². The number of nitrogens with one attached hydrogen (secondary N) is 2. The summed E-state index contributed by atoms with van der Waals surface area (Å²) in [4.78, 5) is 9.12. The summed E-state index contributed by atoms with van der Waals surface area (Å²) in [5.74, 6) is 0.444. The Hall–Kier alpha value is -2.92. The van der Waals surface area contributed by atoms with Crippen molar-refractivity contribution in [3.8, 4) is 22.4 Å². The van der Waals surface area contributed by atoms with Crippen molar-refractivity contribution in [1.82, 2.24) is 9.97 Å². The van der Waals surface area contributed by atoms with Crippen LogP contribution < -0.4 is 10.6 Å². The van der Waals surface area contributed by atoms with Crippen LogP contribution in [0.5, 0.6) is 0 Å². The van der Waals surface area contributed by atoms with Crippen LogP contribution in [0.4, 0.5) is 15.9 Å². The zero-order chi connectivity index (χ0) is 21.1. The molecular formula is C24H24ClFN4. The summed E-state index contributed by atoms with van der Waals surface area (Å²) in [5.41, 5.74) is 5.85. The average molecular weight is 423 g/mol. The molecule has 0 atom stereocenters. The van der Waals surface area contributed by atoms with Crippen LogP contribution in [0.25, 0.3) is 22.4 Å². The number of anilines is 2. The molecule has 0 fully saturated rings. The van der Waals surface area contributed by atoms with Gasteiger partial charge in [0.1, 0.15) is 11.6 Å². The maximum Gasteiger partial charge on any atom is 0.132 e. The number of halogens is 2. The van der Waals surface area contributed by atoms with Gasteiger partial charge in [-0.2, -0.15) is 0 Å². The van der Waals surface area contributed by atoms with E-state index >= 15 is 0 Å². The highest BCUT2D eigenvalue weighted by molar-refractivity contribution is 6.30. The third kappa shape index (κ3) is 4.31. The molecule has 30 heavy (non-hydrogen) atoms. The molecule has 0 aliphatic carbocycles. The summed E-state index contributed by atoms with van der Waals surface area (Å²) in [6.45, 7) is 7.04. The third-order valence-corrected chi connectivity index (χ3v) is 5.38. The summed E-state index contributed by atoms with van der Waals surface area (Å²) in [5, 5.41) is 7.17.